The average molecular weight is 405 g/mol. The van der Waals surface area contributed by atoms with Gasteiger partial charge >= 0.3 is 0 Å². The number of aliphatic hydroxyl groups is 3. The highest BCUT2D eigenvalue weighted by molar-refractivity contribution is 5.78. The third kappa shape index (κ3) is 6.08. The zero-order valence-electron chi connectivity index (χ0n) is 14.8. The van der Waals surface area contributed by atoms with Crippen molar-refractivity contribution in [2.75, 3.05) is 13.8 Å². The molecule has 156 valence electrons. The van der Waals surface area contributed by atoms with Crippen molar-refractivity contribution in [3.05, 3.63) is 34.6 Å². The van der Waals surface area contributed by atoms with E-state index in [1.807, 2.05) is 13.8 Å². The summed E-state index contributed by atoms with van der Waals surface area (Å²) in [4.78, 5) is 3.63. The van der Waals surface area contributed by atoms with Crippen LogP contribution in [0, 0.1) is 29.1 Å². The molecule has 1 heterocycles. The Morgan fingerprint density at radius 1 is 1.00 bits per heavy atom. The summed E-state index contributed by atoms with van der Waals surface area (Å²) in [6.07, 6.45) is -4.38. The zero-order chi connectivity index (χ0) is 21.3. The lowest BCUT2D eigenvalue weighted by molar-refractivity contribution is -0.0530. The third-order valence-corrected chi connectivity index (χ3v) is 3.26. The van der Waals surface area contributed by atoms with E-state index in [2.05, 4.69) is 9.73 Å². The van der Waals surface area contributed by atoms with Crippen molar-refractivity contribution in [3.63, 3.8) is 0 Å². The van der Waals surface area contributed by atoms with Gasteiger partial charge in [-0.25, -0.2) is 31.3 Å². The molecule has 0 fully saturated rings. The first-order chi connectivity index (χ1) is 12.8. The molecule has 1 aliphatic rings. The lowest BCUT2D eigenvalue weighted by Gasteiger charge is -2.26. The summed E-state index contributed by atoms with van der Waals surface area (Å²) in [6.45, 7) is 2.84. The second-order valence-electron chi connectivity index (χ2n) is 4.85. The van der Waals surface area contributed by atoms with Crippen LogP contribution >= 0.6 is 0 Å². The number of nitrogens with zero attached hydrogens (tertiary/aromatic N) is 1. The predicted molar refractivity (Wildman–Crippen MR) is 84.2 cm³/mol. The van der Waals surface area contributed by atoms with Gasteiger partial charge in [-0.05, 0) is 0 Å². The first-order valence-corrected chi connectivity index (χ1v) is 7.87. The van der Waals surface area contributed by atoms with Crippen molar-refractivity contribution >= 4 is 5.90 Å². The fourth-order valence-corrected chi connectivity index (χ4v) is 2.23. The number of rotatable bonds is 4. The van der Waals surface area contributed by atoms with Gasteiger partial charge in [-0.15, -0.1) is 0 Å². The molecule has 0 aliphatic carbocycles. The second kappa shape index (κ2) is 11.8. The van der Waals surface area contributed by atoms with Crippen molar-refractivity contribution in [3.8, 4) is 0 Å². The maximum absolute atomic E-state index is 13.6. The van der Waals surface area contributed by atoms with E-state index in [1.165, 1.54) is 0 Å². The van der Waals surface area contributed by atoms with Gasteiger partial charge in [0.2, 0.25) is 18.0 Å². The molecule has 0 bridgehead atoms. The molecular weight excluding hydrogens is 384 g/mol. The Morgan fingerprint density at radius 2 is 1.44 bits per heavy atom. The van der Waals surface area contributed by atoms with Crippen LogP contribution in [-0.4, -0.2) is 47.3 Å². The van der Waals surface area contributed by atoms with E-state index < -0.39 is 72.1 Å². The van der Waals surface area contributed by atoms with Gasteiger partial charge in [-0.1, -0.05) is 13.8 Å². The number of aliphatic hydroxyl groups excluding tert-OH is 3. The molecule has 1 aromatic carbocycles. The largest absolute Gasteiger partial charge is 0.449 e. The van der Waals surface area contributed by atoms with Crippen molar-refractivity contribution in [1.82, 2.24) is 0 Å². The summed E-state index contributed by atoms with van der Waals surface area (Å²) in [5, 5.41) is 26.1. The molecule has 3 atom stereocenters. The quantitative estimate of drug-likeness (QED) is 0.409. The van der Waals surface area contributed by atoms with Gasteiger partial charge < -0.3 is 20.1 Å². The maximum Gasteiger partial charge on any atom is 0.218 e. The van der Waals surface area contributed by atoms with Crippen LogP contribution in [-0.2, 0) is 4.74 Å². The van der Waals surface area contributed by atoms with Gasteiger partial charge in [0, 0.05) is 20.0 Å². The SMILES string of the molecule is CC.CO.OC1CC(CC(O)c2c(F)c(F)c(F)c(F)c2F)N=C(CF)O1. The normalized spacial score (nSPS) is 19.6. The summed E-state index contributed by atoms with van der Waals surface area (Å²) >= 11 is 0. The minimum Gasteiger partial charge on any atom is -0.449 e. The summed E-state index contributed by atoms with van der Waals surface area (Å²) in [7, 11) is 1.00. The van der Waals surface area contributed by atoms with E-state index >= 15 is 0 Å². The Hall–Kier alpha value is -1.85. The molecule has 3 N–H and O–H groups in total. The van der Waals surface area contributed by atoms with E-state index in [4.69, 9.17) is 5.11 Å². The summed E-state index contributed by atoms with van der Waals surface area (Å²) in [6, 6.07) is -1.02. The van der Waals surface area contributed by atoms with Gasteiger partial charge in [0.05, 0.1) is 17.7 Å². The number of benzene rings is 1. The molecule has 5 nitrogen and oxygen atoms in total. The van der Waals surface area contributed by atoms with Crippen molar-refractivity contribution in [2.24, 2.45) is 4.99 Å². The summed E-state index contributed by atoms with van der Waals surface area (Å²) in [5.41, 5.74) is -1.40. The lowest BCUT2D eigenvalue weighted by atomic mass is 9.98. The molecular formula is C16H21F6NO4. The summed E-state index contributed by atoms with van der Waals surface area (Å²) < 4.78 is 83.4. The topological polar surface area (TPSA) is 82.3 Å². The van der Waals surface area contributed by atoms with Crippen molar-refractivity contribution < 1.29 is 46.4 Å². The second-order valence-corrected chi connectivity index (χ2v) is 4.85. The molecule has 3 unspecified atom stereocenters. The highest BCUT2D eigenvalue weighted by atomic mass is 19.2. The van der Waals surface area contributed by atoms with Crippen LogP contribution in [0.1, 0.15) is 38.4 Å². The van der Waals surface area contributed by atoms with Crippen LogP contribution in [0.15, 0.2) is 4.99 Å². The maximum atomic E-state index is 13.6. The van der Waals surface area contributed by atoms with E-state index in [9.17, 15) is 36.6 Å². The Bertz CT molecular complexity index is 615. The molecule has 0 saturated carbocycles. The molecule has 0 radical (unpaired) electrons. The molecule has 1 aromatic rings. The van der Waals surface area contributed by atoms with Crippen LogP contribution in [0.2, 0.25) is 0 Å². The molecule has 0 saturated heterocycles. The van der Waals surface area contributed by atoms with Gasteiger partial charge in [0.1, 0.15) is 0 Å². The van der Waals surface area contributed by atoms with Crippen LogP contribution in [0.3, 0.4) is 0 Å². The first kappa shape index (κ1) is 25.1. The smallest absolute Gasteiger partial charge is 0.218 e. The fraction of sp³-hybridized carbons (Fsp3) is 0.562. The standard InChI is InChI=1S/C13H11F6NO3.C2H6.CH4O/c14-3-6-20-4(2-7(22)23-6)1-5(21)8-9(15)11(17)13(19)12(18)10(8)16;2*1-2/h4-5,7,21-22H,1-3H2;1-2H3;2H,1H3. The monoisotopic (exact) mass is 405 g/mol. The Morgan fingerprint density at radius 3 is 1.89 bits per heavy atom. The first-order valence-electron chi connectivity index (χ1n) is 7.87. The van der Waals surface area contributed by atoms with Crippen molar-refractivity contribution in [1.29, 1.82) is 0 Å². The highest BCUT2D eigenvalue weighted by Gasteiger charge is 2.32. The minimum absolute atomic E-state index is 0.240. The number of alkyl halides is 1. The lowest BCUT2D eigenvalue weighted by Crippen LogP contribution is -2.31. The number of halogens is 6. The van der Waals surface area contributed by atoms with E-state index in [1.54, 1.807) is 0 Å². The number of hydrogen-bond donors (Lipinski definition) is 3. The van der Waals surface area contributed by atoms with Crippen LogP contribution < -0.4 is 0 Å². The van der Waals surface area contributed by atoms with Crippen molar-refractivity contribution in [2.45, 2.75) is 45.1 Å². The number of ether oxygens (including phenoxy) is 1. The summed E-state index contributed by atoms with van der Waals surface area (Å²) in [5.74, 6) is -11.5. The van der Waals surface area contributed by atoms with Crippen LogP contribution in [0.5, 0.6) is 0 Å². The highest BCUT2D eigenvalue weighted by Crippen LogP contribution is 2.31. The number of hydrogen-bond acceptors (Lipinski definition) is 5. The Kier molecular flexibility index (Phi) is 11.0. The molecule has 2 rings (SSSR count). The van der Waals surface area contributed by atoms with Crippen LogP contribution in [0.25, 0.3) is 0 Å². The predicted octanol–water partition coefficient (Wildman–Crippen LogP) is 2.92. The molecule has 0 amide bonds. The van der Waals surface area contributed by atoms with Gasteiger partial charge in [0.25, 0.3) is 0 Å². The van der Waals surface area contributed by atoms with E-state index in [0.717, 1.165) is 7.11 Å². The molecule has 0 spiro atoms. The minimum atomic E-state index is -2.34. The van der Waals surface area contributed by atoms with Gasteiger partial charge in [-0.3, -0.25) is 0 Å². The molecule has 11 heteroatoms. The van der Waals surface area contributed by atoms with Crippen LogP contribution in [0.4, 0.5) is 26.3 Å². The molecule has 0 aromatic heterocycles. The molecule has 1 aliphatic heterocycles. The van der Waals surface area contributed by atoms with Gasteiger partial charge in [0.15, 0.2) is 29.9 Å². The van der Waals surface area contributed by atoms with E-state index in [-0.39, 0.29) is 6.42 Å². The van der Waals surface area contributed by atoms with Gasteiger partial charge in [-0.2, -0.15) is 0 Å². The fourth-order valence-electron chi connectivity index (χ4n) is 2.23. The van der Waals surface area contributed by atoms with E-state index in [0.29, 0.717) is 0 Å². The third-order valence-electron chi connectivity index (χ3n) is 3.26. The zero-order valence-corrected chi connectivity index (χ0v) is 14.8. The Balaban J connectivity index is 0.00000158. The number of aliphatic imine (C=N–C) groups is 1. The average Bonchev–Trinajstić information content (AvgIpc) is 2.67. The Labute approximate surface area is 151 Å². The molecule has 27 heavy (non-hydrogen) atoms.